The Morgan fingerprint density at radius 1 is 1.26 bits per heavy atom. The van der Waals surface area contributed by atoms with Gasteiger partial charge in [-0.3, -0.25) is 0 Å². The normalized spacial score (nSPS) is 17.0. The van der Waals surface area contributed by atoms with Crippen LogP contribution in [0.25, 0.3) is 0 Å². The van der Waals surface area contributed by atoms with E-state index in [1.165, 1.54) is 6.20 Å². The van der Waals surface area contributed by atoms with E-state index in [0.717, 1.165) is 36.6 Å². The molecular weight excluding hydrogens is 261 g/mol. The van der Waals surface area contributed by atoms with Gasteiger partial charge in [0, 0.05) is 19.3 Å². The number of alkyl halides is 3. The fourth-order valence-corrected chi connectivity index (χ4v) is 2.40. The van der Waals surface area contributed by atoms with Crippen LogP contribution in [0.5, 0.6) is 0 Å². The van der Waals surface area contributed by atoms with Crippen molar-refractivity contribution in [1.29, 1.82) is 0 Å². The van der Waals surface area contributed by atoms with Gasteiger partial charge in [0.2, 0.25) is 0 Å². The first kappa shape index (κ1) is 13.9. The smallest absolute Gasteiger partial charge is 0.432 e. The van der Waals surface area contributed by atoms with E-state index in [1.54, 1.807) is 0 Å². The standard InChI is InChI=1S/C12H15F3N2O2/c13-12(14,15)10-9(11(18)19)3-6-17(10)8-7-16-4-1-2-5-16/h3,6H,1-2,4-5,7-8H2,(H,18,19). The maximum atomic E-state index is 12.9. The quantitative estimate of drug-likeness (QED) is 0.917. The molecule has 106 valence electrons. The summed E-state index contributed by atoms with van der Waals surface area (Å²) in [6, 6.07) is 1.01. The molecule has 0 bridgehead atoms. The predicted molar refractivity (Wildman–Crippen MR) is 62.1 cm³/mol. The van der Waals surface area contributed by atoms with Gasteiger partial charge in [-0.1, -0.05) is 0 Å². The number of carboxylic acids is 1. The second kappa shape index (κ2) is 5.24. The summed E-state index contributed by atoms with van der Waals surface area (Å²) in [5, 5.41) is 8.80. The van der Waals surface area contributed by atoms with Crippen LogP contribution in [0.15, 0.2) is 12.3 Å². The molecule has 0 unspecified atom stereocenters. The van der Waals surface area contributed by atoms with Crippen molar-refractivity contribution in [2.24, 2.45) is 0 Å². The number of hydrogen-bond donors (Lipinski definition) is 1. The molecule has 1 N–H and O–H groups in total. The van der Waals surface area contributed by atoms with Crippen LogP contribution in [0.4, 0.5) is 13.2 Å². The lowest BCUT2D eigenvalue weighted by Gasteiger charge is -2.17. The SMILES string of the molecule is O=C(O)c1ccn(CCN2CCCC2)c1C(F)(F)F. The van der Waals surface area contributed by atoms with Gasteiger partial charge in [-0.15, -0.1) is 0 Å². The highest BCUT2D eigenvalue weighted by molar-refractivity contribution is 5.89. The van der Waals surface area contributed by atoms with Crippen molar-refractivity contribution in [1.82, 2.24) is 9.47 Å². The highest BCUT2D eigenvalue weighted by Gasteiger charge is 2.39. The second-order valence-electron chi connectivity index (χ2n) is 4.62. The summed E-state index contributed by atoms with van der Waals surface area (Å²) in [5.74, 6) is -1.55. The molecule has 4 nitrogen and oxygen atoms in total. The Kier molecular flexibility index (Phi) is 3.84. The van der Waals surface area contributed by atoms with Gasteiger partial charge in [0.15, 0.2) is 0 Å². The second-order valence-corrected chi connectivity index (χ2v) is 4.62. The van der Waals surface area contributed by atoms with Gasteiger partial charge in [-0.2, -0.15) is 13.2 Å². The van der Waals surface area contributed by atoms with E-state index in [9.17, 15) is 18.0 Å². The minimum atomic E-state index is -4.65. The van der Waals surface area contributed by atoms with Crippen molar-refractivity contribution < 1.29 is 23.1 Å². The van der Waals surface area contributed by atoms with Crippen LogP contribution in [-0.4, -0.2) is 40.2 Å². The predicted octanol–water partition coefficient (Wildman–Crippen LogP) is 2.30. The van der Waals surface area contributed by atoms with Crippen molar-refractivity contribution in [3.63, 3.8) is 0 Å². The lowest BCUT2D eigenvalue weighted by Crippen LogP contribution is -2.26. The lowest BCUT2D eigenvalue weighted by molar-refractivity contribution is -0.144. The molecule has 0 radical (unpaired) electrons. The zero-order valence-corrected chi connectivity index (χ0v) is 10.3. The molecule has 19 heavy (non-hydrogen) atoms. The molecule has 1 aliphatic rings. The maximum absolute atomic E-state index is 12.9. The third-order valence-electron chi connectivity index (χ3n) is 3.32. The molecule has 1 saturated heterocycles. The van der Waals surface area contributed by atoms with Gasteiger partial charge in [-0.05, 0) is 32.0 Å². The molecule has 1 aliphatic heterocycles. The number of rotatable bonds is 4. The zero-order valence-electron chi connectivity index (χ0n) is 10.3. The number of hydrogen-bond acceptors (Lipinski definition) is 2. The number of carbonyl (C=O) groups is 1. The van der Waals surface area contributed by atoms with Crippen molar-refractivity contribution in [2.45, 2.75) is 25.6 Å². The van der Waals surface area contributed by atoms with Crippen LogP contribution < -0.4 is 0 Å². The topological polar surface area (TPSA) is 45.5 Å². The molecule has 7 heteroatoms. The fourth-order valence-electron chi connectivity index (χ4n) is 2.40. The van der Waals surface area contributed by atoms with Gasteiger partial charge < -0.3 is 14.6 Å². The van der Waals surface area contributed by atoms with Crippen LogP contribution in [0.2, 0.25) is 0 Å². The highest BCUT2D eigenvalue weighted by Crippen LogP contribution is 2.32. The largest absolute Gasteiger partial charge is 0.478 e. The first-order valence-corrected chi connectivity index (χ1v) is 6.11. The summed E-state index contributed by atoms with van der Waals surface area (Å²) in [4.78, 5) is 12.9. The van der Waals surface area contributed by atoms with Gasteiger partial charge in [0.05, 0.1) is 5.56 Å². The Hall–Kier alpha value is -1.50. The van der Waals surface area contributed by atoms with Gasteiger partial charge in [0.1, 0.15) is 5.69 Å². The summed E-state index contributed by atoms with van der Waals surface area (Å²) in [6.07, 6.45) is -1.32. The van der Waals surface area contributed by atoms with Crippen molar-refractivity contribution in [2.75, 3.05) is 19.6 Å². The van der Waals surface area contributed by atoms with Crippen LogP contribution in [0.3, 0.4) is 0 Å². The highest BCUT2D eigenvalue weighted by atomic mass is 19.4. The number of nitrogens with zero attached hydrogens (tertiary/aromatic N) is 2. The summed E-state index contributed by atoms with van der Waals surface area (Å²) in [7, 11) is 0. The molecule has 0 aromatic carbocycles. The lowest BCUT2D eigenvalue weighted by atomic mass is 10.2. The van der Waals surface area contributed by atoms with E-state index < -0.39 is 23.4 Å². The van der Waals surface area contributed by atoms with Crippen LogP contribution in [0, 0.1) is 0 Å². The Balaban J connectivity index is 2.17. The zero-order chi connectivity index (χ0) is 14.0. The van der Waals surface area contributed by atoms with E-state index in [1.807, 2.05) is 0 Å². The molecule has 0 aliphatic carbocycles. The monoisotopic (exact) mass is 276 g/mol. The van der Waals surface area contributed by atoms with Crippen molar-refractivity contribution in [3.8, 4) is 0 Å². The van der Waals surface area contributed by atoms with Crippen LogP contribution in [-0.2, 0) is 12.7 Å². The Morgan fingerprint density at radius 2 is 1.89 bits per heavy atom. The molecule has 2 rings (SSSR count). The summed E-state index contributed by atoms with van der Waals surface area (Å²) in [6.45, 7) is 2.46. The van der Waals surface area contributed by atoms with Crippen LogP contribution >= 0.6 is 0 Å². The van der Waals surface area contributed by atoms with E-state index in [0.29, 0.717) is 6.54 Å². The minimum Gasteiger partial charge on any atom is -0.478 e. The van der Waals surface area contributed by atoms with Gasteiger partial charge >= 0.3 is 12.1 Å². The molecular formula is C12H15F3N2O2. The third kappa shape index (κ3) is 3.09. The van der Waals surface area contributed by atoms with Gasteiger partial charge in [0.25, 0.3) is 0 Å². The van der Waals surface area contributed by atoms with Crippen LogP contribution in [0.1, 0.15) is 28.9 Å². The van der Waals surface area contributed by atoms with E-state index in [2.05, 4.69) is 4.90 Å². The number of aromatic carboxylic acids is 1. The third-order valence-corrected chi connectivity index (χ3v) is 3.32. The Morgan fingerprint density at radius 3 is 2.42 bits per heavy atom. The average Bonchev–Trinajstić information content (AvgIpc) is 2.94. The van der Waals surface area contributed by atoms with E-state index >= 15 is 0 Å². The molecule has 0 amide bonds. The minimum absolute atomic E-state index is 0.155. The van der Waals surface area contributed by atoms with Crippen molar-refractivity contribution >= 4 is 5.97 Å². The number of halogens is 3. The summed E-state index contributed by atoms with van der Waals surface area (Å²) >= 11 is 0. The molecule has 0 spiro atoms. The Bertz CT molecular complexity index is 462. The molecule has 1 aromatic rings. The first-order chi connectivity index (χ1) is 8.89. The number of likely N-dealkylation sites (tertiary alicyclic amines) is 1. The Labute approximate surface area is 108 Å². The fraction of sp³-hybridized carbons (Fsp3) is 0.583. The van der Waals surface area contributed by atoms with E-state index in [-0.39, 0.29) is 6.54 Å². The number of carboxylic acid groups (broad SMARTS) is 1. The summed E-state index contributed by atoms with van der Waals surface area (Å²) in [5.41, 5.74) is -1.76. The van der Waals surface area contributed by atoms with Crippen molar-refractivity contribution in [3.05, 3.63) is 23.5 Å². The van der Waals surface area contributed by atoms with Gasteiger partial charge in [-0.25, -0.2) is 4.79 Å². The molecule has 0 atom stereocenters. The molecule has 0 saturated carbocycles. The first-order valence-electron chi connectivity index (χ1n) is 6.11. The van der Waals surface area contributed by atoms with E-state index in [4.69, 9.17) is 5.11 Å². The molecule has 1 aromatic heterocycles. The maximum Gasteiger partial charge on any atom is 0.432 e. The summed E-state index contributed by atoms with van der Waals surface area (Å²) < 4.78 is 39.7. The average molecular weight is 276 g/mol. The molecule has 1 fully saturated rings. The molecule has 2 heterocycles. The number of aromatic nitrogens is 1.